The van der Waals surface area contributed by atoms with E-state index in [0.717, 1.165) is 16.3 Å². The zero-order valence-corrected chi connectivity index (χ0v) is 15.4. The van der Waals surface area contributed by atoms with Crippen molar-refractivity contribution in [2.24, 2.45) is 0 Å². The van der Waals surface area contributed by atoms with Crippen molar-refractivity contribution in [2.75, 3.05) is 13.4 Å². The summed E-state index contributed by atoms with van der Waals surface area (Å²) < 4.78 is 32.9. The van der Waals surface area contributed by atoms with E-state index in [1.54, 1.807) is 19.3 Å². The van der Waals surface area contributed by atoms with Gasteiger partial charge in [-0.15, -0.1) is 0 Å². The lowest BCUT2D eigenvalue weighted by Crippen LogP contribution is -2.05. The van der Waals surface area contributed by atoms with Crippen LogP contribution < -0.4 is 8.92 Å². The van der Waals surface area contributed by atoms with Gasteiger partial charge in [-0.25, -0.2) is 0 Å². The minimum Gasteiger partial charge on any atom is -0.496 e. The van der Waals surface area contributed by atoms with Crippen molar-refractivity contribution in [3.05, 3.63) is 64.1 Å². The lowest BCUT2D eigenvalue weighted by Gasteiger charge is -2.05. The monoisotopic (exact) mass is 410 g/mol. The van der Waals surface area contributed by atoms with E-state index in [9.17, 15) is 13.2 Å². The summed E-state index contributed by atoms with van der Waals surface area (Å²) in [5, 5.41) is 0. The van der Waals surface area contributed by atoms with Crippen molar-refractivity contribution in [1.82, 2.24) is 0 Å². The van der Waals surface area contributed by atoms with Crippen molar-refractivity contribution in [3.63, 3.8) is 0 Å². The predicted octanol–water partition coefficient (Wildman–Crippen LogP) is 3.69. The number of hydrogen-bond acceptors (Lipinski definition) is 5. The average molecular weight is 411 g/mol. The molecular formula is C17H15BrO5S. The maximum absolute atomic E-state index is 12.2. The molecule has 2 aromatic rings. The standard InChI is InChI=1S/C17H15BrO5S/c1-22-17-10-6-14(18)11-13(17)5-9-16(19)12-3-7-15(8-4-12)23-24(2,20)21/h3-11H,1-2H3. The zero-order valence-electron chi connectivity index (χ0n) is 13.0. The van der Waals surface area contributed by atoms with Gasteiger partial charge in [0.25, 0.3) is 0 Å². The van der Waals surface area contributed by atoms with Crippen LogP contribution in [0.15, 0.2) is 53.0 Å². The van der Waals surface area contributed by atoms with E-state index in [1.165, 1.54) is 30.3 Å². The van der Waals surface area contributed by atoms with Gasteiger partial charge in [-0.3, -0.25) is 4.79 Å². The first-order chi connectivity index (χ1) is 11.3. The Morgan fingerprint density at radius 3 is 2.38 bits per heavy atom. The summed E-state index contributed by atoms with van der Waals surface area (Å²) in [6.45, 7) is 0. The van der Waals surface area contributed by atoms with E-state index >= 15 is 0 Å². The molecule has 0 unspecified atom stereocenters. The van der Waals surface area contributed by atoms with Crippen LogP contribution in [0.4, 0.5) is 0 Å². The molecule has 0 bridgehead atoms. The summed E-state index contributed by atoms with van der Waals surface area (Å²) in [5.74, 6) is 0.591. The summed E-state index contributed by atoms with van der Waals surface area (Å²) >= 11 is 3.37. The minimum absolute atomic E-state index is 0.159. The molecular weight excluding hydrogens is 396 g/mol. The fourth-order valence-electron chi connectivity index (χ4n) is 1.95. The zero-order chi connectivity index (χ0) is 17.7. The van der Waals surface area contributed by atoms with Crippen LogP contribution in [-0.4, -0.2) is 27.6 Å². The Hall–Kier alpha value is -2.12. The first kappa shape index (κ1) is 18.2. The van der Waals surface area contributed by atoms with Crippen LogP contribution in [0.3, 0.4) is 0 Å². The molecule has 7 heteroatoms. The molecule has 24 heavy (non-hydrogen) atoms. The van der Waals surface area contributed by atoms with Gasteiger partial charge in [-0.2, -0.15) is 8.42 Å². The lowest BCUT2D eigenvalue weighted by atomic mass is 10.1. The highest BCUT2D eigenvalue weighted by molar-refractivity contribution is 9.10. The van der Waals surface area contributed by atoms with E-state index in [2.05, 4.69) is 15.9 Å². The summed E-state index contributed by atoms with van der Waals surface area (Å²) in [5.41, 5.74) is 1.18. The van der Waals surface area contributed by atoms with Crippen LogP contribution in [0, 0.1) is 0 Å². The molecule has 0 atom stereocenters. The molecule has 0 radical (unpaired) electrons. The van der Waals surface area contributed by atoms with Crippen molar-refractivity contribution in [3.8, 4) is 11.5 Å². The Morgan fingerprint density at radius 2 is 1.79 bits per heavy atom. The second kappa shape index (κ2) is 7.63. The molecule has 0 fully saturated rings. The largest absolute Gasteiger partial charge is 0.496 e. The molecule has 0 aliphatic heterocycles. The first-order valence-corrected chi connectivity index (χ1v) is 9.45. The lowest BCUT2D eigenvalue weighted by molar-refractivity contribution is 0.104. The SMILES string of the molecule is COc1ccc(Br)cc1C=CC(=O)c1ccc(OS(C)(=O)=O)cc1. The number of ketones is 1. The van der Waals surface area contributed by atoms with Crippen LogP contribution in [0.2, 0.25) is 0 Å². The molecule has 0 aromatic heterocycles. The Kier molecular flexibility index (Phi) is 5.80. The number of hydrogen-bond donors (Lipinski definition) is 0. The van der Waals surface area contributed by atoms with Gasteiger partial charge in [0.15, 0.2) is 5.78 Å². The van der Waals surface area contributed by atoms with E-state index in [-0.39, 0.29) is 11.5 Å². The molecule has 2 rings (SSSR count). The molecule has 0 saturated carbocycles. The van der Waals surface area contributed by atoms with Crippen LogP contribution >= 0.6 is 15.9 Å². The Labute approximate surface area is 149 Å². The average Bonchev–Trinajstić information content (AvgIpc) is 2.52. The molecule has 0 spiro atoms. The molecule has 0 amide bonds. The van der Waals surface area contributed by atoms with Gasteiger partial charge in [0.1, 0.15) is 11.5 Å². The number of carbonyl (C=O) groups excluding carboxylic acids is 1. The van der Waals surface area contributed by atoms with Crippen molar-refractivity contribution < 1.29 is 22.1 Å². The van der Waals surface area contributed by atoms with E-state index in [0.29, 0.717) is 11.3 Å². The number of methoxy groups -OCH3 is 1. The Morgan fingerprint density at radius 1 is 1.12 bits per heavy atom. The van der Waals surface area contributed by atoms with Crippen LogP contribution in [0.25, 0.3) is 6.08 Å². The molecule has 5 nitrogen and oxygen atoms in total. The van der Waals surface area contributed by atoms with Crippen molar-refractivity contribution in [1.29, 1.82) is 0 Å². The third-order valence-corrected chi connectivity index (χ3v) is 3.98. The third-order valence-electron chi connectivity index (χ3n) is 2.99. The molecule has 2 aromatic carbocycles. The predicted molar refractivity (Wildman–Crippen MR) is 96.0 cm³/mol. The molecule has 0 N–H and O–H groups in total. The highest BCUT2D eigenvalue weighted by Crippen LogP contribution is 2.24. The minimum atomic E-state index is -3.59. The summed E-state index contributed by atoms with van der Waals surface area (Å²) in [6.07, 6.45) is 4.05. The van der Waals surface area contributed by atoms with Crippen molar-refractivity contribution >= 4 is 37.9 Å². The van der Waals surface area contributed by atoms with E-state index in [1.807, 2.05) is 12.1 Å². The van der Waals surface area contributed by atoms with Gasteiger partial charge in [-0.1, -0.05) is 15.9 Å². The summed E-state index contributed by atoms with van der Waals surface area (Å²) in [7, 11) is -2.03. The normalized spacial score (nSPS) is 11.5. The smallest absolute Gasteiger partial charge is 0.306 e. The number of halogens is 1. The van der Waals surface area contributed by atoms with Gasteiger partial charge >= 0.3 is 10.1 Å². The third kappa shape index (κ3) is 5.21. The fraction of sp³-hybridized carbons (Fsp3) is 0.118. The van der Waals surface area contributed by atoms with Crippen molar-refractivity contribution in [2.45, 2.75) is 0 Å². The first-order valence-electron chi connectivity index (χ1n) is 6.84. The highest BCUT2D eigenvalue weighted by Gasteiger charge is 2.07. The van der Waals surface area contributed by atoms with E-state index < -0.39 is 10.1 Å². The number of ether oxygens (including phenoxy) is 1. The molecule has 0 heterocycles. The fourth-order valence-corrected chi connectivity index (χ4v) is 2.79. The molecule has 0 aliphatic carbocycles. The van der Waals surface area contributed by atoms with Gasteiger partial charge in [0.2, 0.25) is 0 Å². The van der Waals surface area contributed by atoms with Crippen LogP contribution in [0.1, 0.15) is 15.9 Å². The van der Waals surface area contributed by atoms with Gasteiger partial charge < -0.3 is 8.92 Å². The maximum Gasteiger partial charge on any atom is 0.306 e. The Balaban J connectivity index is 2.16. The second-order valence-corrected chi connectivity index (χ2v) is 7.39. The molecule has 0 aliphatic rings. The van der Waals surface area contributed by atoms with Gasteiger partial charge in [0, 0.05) is 15.6 Å². The topological polar surface area (TPSA) is 69.7 Å². The van der Waals surface area contributed by atoms with Gasteiger partial charge in [0.05, 0.1) is 13.4 Å². The van der Waals surface area contributed by atoms with Gasteiger partial charge in [-0.05, 0) is 54.6 Å². The van der Waals surface area contributed by atoms with Crippen LogP contribution in [0.5, 0.6) is 11.5 Å². The number of allylic oxidation sites excluding steroid dienone is 1. The second-order valence-electron chi connectivity index (χ2n) is 4.90. The maximum atomic E-state index is 12.2. The highest BCUT2D eigenvalue weighted by atomic mass is 79.9. The molecule has 0 saturated heterocycles. The number of carbonyl (C=O) groups is 1. The van der Waals surface area contributed by atoms with E-state index in [4.69, 9.17) is 8.92 Å². The number of benzene rings is 2. The summed E-state index contributed by atoms with van der Waals surface area (Å²) in [4.78, 5) is 12.2. The molecule has 126 valence electrons. The Bertz CT molecular complexity index is 870. The quantitative estimate of drug-likeness (QED) is 0.412. The number of rotatable bonds is 6. The van der Waals surface area contributed by atoms with Crippen LogP contribution in [-0.2, 0) is 10.1 Å². The summed E-state index contributed by atoms with van der Waals surface area (Å²) in [6, 6.07) is 11.4.